The quantitative estimate of drug-likeness (QED) is 0.294. The van der Waals surface area contributed by atoms with Gasteiger partial charge in [-0.15, -0.1) is 0 Å². The molecule has 0 heterocycles. The molecule has 3 rings (SSSR count). The van der Waals surface area contributed by atoms with E-state index in [-0.39, 0.29) is 5.78 Å². The van der Waals surface area contributed by atoms with Crippen LogP contribution in [0, 0.1) is 10.5 Å². The number of benzene rings is 3. The lowest BCUT2D eigenvalue weighted by Gasteiger charge is -2.18. The van der Waals surface area contributed by atoms with Crippen molar-refractivity contribution in [3.8, 4) is 0 Å². The zero-order valence-electron chi connectivity index (χ0n) is 14.2. The van der Waals surface area contributed by atoms with Crippen molar-refractivity contribution in [1.82, 2.24) is 0 Å². The molecule has 0 bridgehead atoms. The van der Waals surface area contributed by atoms with Gasteiger partial charge in [0, 0.05) is 14.7 Å². The molecule has 0 fully saturated rings. The van der Waals surface area contributed by atoms with E-state index in [1.54, 1.807) is 42.5 Å². The summed E-state index contributed by atoms with van der Waals surface area (Å²) in [6.07, 6.45) is -0.982. The van der Waals surface area contributed by atoms with E-state index in [0.29, 0.717) is 16.7 Å². The second-order valence-corrected chi connectivity index (χ2v) is 7.18. The summed E-state index contributed by atoms with van der Waals surface area (Å²) in [5.41, 5.74) is 2.65. The predicted molar refractivity (Wildman–Crippen MR) is 109 cm³/mol. The zero-order valence-corrected chi connectivity index (χ0v) is 16.3. The number of rotatable bonds is 5. The SMILES string of the molecule is Cc1ccc(C(=O)[C@@H](OC(=O)c2cccc(I)c2)c2ccccc2)cc1. The lowest BCUT2D eigenvalue weighted by atomic mass is 9.99. The van der Waals surface area contributed by atoms with Crippen LogP contribution in [0.25, 0.3) is 0 Å². The van der Waals surface area contributed by atoms with Crippen LogP contribution in [0.1, 0.15) is 37.9 Å². The summed E-state index contributed by atoms with van der Waals surface area (Å²) < 4.78 is 6.56. The molecule has 26 heavy (non-hydrogen) atoms. The molecule has 1 atom stereocenters. The Morgan fingerprint density at radius 3 is 2.19 bits per heavy atom. The van der Waals surface area contributed by atoms with Gasteiger partial charge in [0.15, 0.2) is 6.10 Å². The van der Waals surface area contributed by atoms with E-state index in [9.17, 15) is 9.59 Å². The fourth-order valence-corrected chi connectivity index (χ4v) is 3.10. The van der Waals surface area contributed by atoms with E-state index < -0.39 is 12.1 Å². The van der Waals surface area contributed by atoms with Crippen molar-refractivity contribution in [2.75, 3.05) is 0 Å². The van der Waals surface area contributed by atoms with Crippen LogP contribution >= 0.6 is 22.6 Å². The smallest absolute Gasteiger partial charge is 0.339 e. The van der Waals surface area contributed by atoms with Crippen LogP contribution in [0.4, 0.5) is 0 Å². The van der Waals surface area contributed by atoms with Gasteiger partial charge in [-0.05, 0) is 47.7 Å². The molecule has 0 N–H and O–H groups in total. The molecular formula is C22H17IO3. The lowest BCUT2D eigenvalue weighted by molar-refractivity contribution is 0.0280. The monoisotopic (exact) mass is 456 g/mol. The summed E-state index contributed by atoms with van der Waals surface area (Å²) in [6, 6.07) is 23.4. The van der Waals surface area contributed by atoms with Crippen LogP contribution in [0.5, 0.6) is 0 Å². The van der Waals surface area contributed by atoms with Crippen molar-refractivity contribution in [2.24, 2.45) is 0 Å². The molecule has 130 valence electrons. The molecule has 0 amide bonds. The molecule has 0 saturated heterocycles. The van der Waals surface area contributed by atoms with Crippen LogP contribution in [-0.4, -0.2) is 11.8 Å². The highest BCUT2D eigenvalue weighted by atomic mass is 127. The van der Waals surface area contributed by atoms with Gasteiger partial charge in [-0.25, -0.2) is 4.79 Å². The molecule has 0 spiro atoms. The van der Waals surface area contributed by atoms with Crippen molar-refractivity contribution in [3.63, 3.8) is 0 Å². The van der Waals surface area contributed by atoms with Gasteiger partial charge in [0.2, 0.25) is 5.78 Å². The van der Waals surface area contributed by atoms with E-state index in [0.717, 1.165) is 9.13 Å². The Balaban J connectivity index is 1.92. The van der Waals surface area contributed by atoms with Gasteiger partial charge >= 0.3 is 5.97 Å². The largest absolute Gasteiger partial charge is 0.445 e. The van der Waals surface area contributed by atoms with E-state index in [2.05, 4.69) is 22.6 Å². The molecule has 0 radical (unpaired) electrons. The minimum absolute atomic E-state index is 0.241. The Labute approximate surface area is 166 Å². The highest BCUT2D eigenvalue weighted by Crippen LogP contribution is 2.24. The maximum Gasteiger partial charge on any atom is 0.339 e. The molecule has 0 saturated carbocycles. The fourth-order valence-electron chi connectivity index (χ4n) is 2.56. The van der Waals surface area contributed by atoms with Crippen molar-refractivity contribution < 1.29 is 14.3 Å². The Morgan fingerprint density at radius 2 is 1.54 bits per heavy atom. The summed E-state index contributed by atoms with van der Waals surface area (Å²) >= 11 is 2.14. The lowest BCUT2D eigenvalue weighted by Crippen LogP contribution is -2.20. The van der Waals surface area contributed by atoms with Gasteiger partial charge in [-0.2, -0.15) is 0 Å². The van der Waals surface area contributed by atoms with Crippen LogP contribution in [-0.2, 0) is 4.74 Å². The Hall–Kier alpha value is -2.47. The van der Waals surface area contributed by atoms with Gasteiger partial charge in [0.25, 0.3) is 0 Å². The molecular weight excluding hydrogens is 439 g/mol. The molecule has 3 nitrogen and oxygen atoms in total. The molecule has 0 aromatic heterocycles. The minimum atomic E-state index is -0.982. The number of halogens is 1. The third-order valence-electron chi connectivity index (χ3n) is 3.96. The third kappa shape index (κ3) is 4.38. The first kappa shape index (κ1) is 18.3. The second kappa shape index (κ2) is 8.27. The molecule has 0 aliphatic carbocycles. The van der Waals surface area contributed by atoms with Gasteiger partial charge in [0.1, 0.15) is 0 Å². The summed E-state index contributed by atoms with van der Waals surface area (Å²) in [5.74, 6) is -0.756. The van der Waals surface area contributed by atoms with Crippen LogP contribution in [0.3, 0.4) is 0 Å². The predicted octanol–water partition coefficient (Wildman–Crippen LogP) is 5.38. The highest BCUT2D eigenvalue weighted by molar-refractivity contribution is 14.1. The average Bonchev–Trinajstić information content (AvgIpc) is 2.66. The summed E-state index contributed by atoms with van der Waals surface area (Å²) in [4.78, 5) is 25.6. The minimum Gasteiger partial charge on any atom is -0.445 e. The van der Waals surface area contributed by atoms with Crippen molar-refractivity contribution >= 4 is 34.3 Å². The van der Waals surface area contributed by atoms with Gasteiger partial charge in [-0.3, -0.25) is 4.79 Å². The maximum atomic E-state index is 13.0. The number of esters is 1. The van der Waals surface area contributed by atoms with Gasteiger partial charge in [0.05, 0.1) is 5.56 Å². The van der Waals surface area contributed by atoms with Crippen molar-refractivity contribution in [2.45, 2.75) is 13.0 Å². The van der Waals surface area contributed by atoms with Crippen molar-refractivity contribution in [1.29, 1.82) is 0 Å². The molecule has 3 aromatic rings. The molecule has 0 aliphatic heterocycles. The highest BCUT2D eigenvalue weighted by Gasteiger charge is 2.26. The average molecular weight is 456 g/mol. The number of Topliss-reactive ketones (excluding diaryl/α,β-unsaturated/α-hetero) is 1. The van der Waals surface area contributed by atoms with E-state index >= 15 is 0 Å². The van der Waals surface area contributed by atoms with E-state index in [1.807, 2.05) is 43.3 Å². The second-order valence-electron chi connectivity index (χ2n) is 5.94. The number of ketones is 1. The van der Waals surface area contributed by atoms with Crippen LogP contribution in [0.2, 0.25) is 0 Å². The topological polar surface area (TPSA) is 43.4 Å². The summed E-state index contributed by atoms with van der Waals surface area (Å²) in [5, 5.41) is 0. The van der Waals surface area contributed by atoms with Gasteiger partial charge < -0.3 is 4.74 Å². The first-order chi connectivity index (χ1) is 12.5. The standard InChI is InChI=1S/C22H17IO3/c1-15-10-12-16(13-11-15)20(24)21(17-6-3-2-4-7-17)26-22(25)18-8-5-9-19(23)14-18/h2-14,21H,1H3/t21-/m0/s1. The molecule has 4 heteroatoms. The van der Waals surface area contributed by atoms with Crippen LogP contribution in [0.15, 0.2) is 78.9 Å². The number of hydrogen-bond donors (Lipinski definition) is 0. The first-order valence-electron chi connectivity index (χ1n) is 8.17. The van der Waals surface area contributed by atoms with Gasteiger partial charge in [-0.1, -0.05) is 66.2 Å². The van der Waals surface area contributed by atoms with Crippen LogP contribution < -0.4 is 0 Å². The molecule has 3 aromatic carbocycles. The molecule has 0 aliphatic rings. The summed E-state index contributed by atoms with van der Waals surface area (Å²) in [6.45, 7) is 1.96. The fraction of sp³-hybridized carbons (Fsp3) is 0.0909. The number of hydrogen-bond acceptors (Lipinski definition) is 3. The number of ether oxygens (including phenoxy) is 1. The van der Waals surface area contributed by atoms with Crippen molar-refractivity contribution in [3.05, 3.63) is 105 Å². The zero-order chi connectivity index (χ0) is 18.5. The number of carbonyl (C=O) groups excluding carboxylic acids is 2. The number of aryl methyl sites for hydroxylation is 1. The molecule has 0 unspecified atom stereocenters. The number of carbonyl (C=O) groups is 2. The summed E-state index contributed by atoms with van der Waals surface area (Å²) in [7, 11) is 0. The first-order valence-corrected chi connectivity index (χ1v) is 9.25. The van der Waals surface area contributed by atoms with E-state index in [1.165, 1.54) is 0 Å². The Kier molecular flexibility index (Phi) is 5.83. The Bertz CT molecular complexity index is 918. The normalized spacial score (nSPS) is 11.6. The maximum absolute atomic E-state index is 13.0. The third-order valence-corrected chi connectivity index (χ3v) is 4.63. The van der Waals surface area contributed by atoms with E-state index in [4.69, 9.17) is 4.74 Å². The Morgan fingerprint density at radius 1 is 0.846 bits per heavy atom.